The number of thiazole rings is 1. The van der Waals surface area contributed by atoms with Crippen molar-refractivity contribution in [3.63, 3.8) is 0 Å². The molecule has 4 nitrogen and oxygen atoms in total. The van der Waals surface area contributed by atoms with Gasteiger partial charge in [0, 0.05) is 17.6 Å². The zero-order valence-corrected chi connectivity index (χ0v) is 12.9. The Hall–Kier alpha value is -0.360. The van der Waals surface area contributed by atoms with E-state index in [9.17, 15) is 4.79 Å². The maximum atomic E-state index is 12.0. The van der Waals surface area contributed by atoms with Crippen LogP contribution in [0.25, 0.3) is 0 Å². The van der Waals surface area contributed by atoms with Crippen LogP contribution in [0.1, 0.15) is 24.0 Å². The number of hydrogen-bond donors (Lipinski definition) is 2. The Labute approximate surface area is 124 Å². The fourth-order valence-corrected chi connectivity index (χ4v) is 2.58. The fraction of sp³-hybridized carbons (Fsp3) is 0.636. The largest absolute Gasteiger partial charge is 0.349 e. The summed E-state index contributed by atoms with van der Waals surface area (Å²) >= 11 is 1.59. The number of carbonyl (C=O) groups is 1. The van der Waals surface area contributed by atoms with Crippen molar-refractivity contribution in [3.05, 3.63) is 16.1 Å². The summed E-state index contributed by atoms with van der Waals surface area (Å²) in [7, 11) is 0. The van der Waals surface area contributed by atoms with Crippen molar-refractivity contribution in [2.45, 2.75) is 26.8 Å². The molecule has 7 heteroatoms. The Morgan fingerprint density at radius 3 is 2.83 bits per heavy atom. The number of carbonyl (C=O) groups excluding carboxylic acids is 1. The molecule has 1 amide bonds. The zero-order chi connectivity index (χ0) is 11.6. The Morgan fingerprint density at radius 1 is 1.61 bits per heavy atom. The topological polar surface area (TPSA) is 54.0 Å². The average molecular weight is 312 g/mol. The fourth-order valence-electron chi connectivity index (χ4n) is 1.86. The lowest BCUT2D eigenvalue weighted by Crippen LogP contribution is -2.39. The highest BCUT2D eigenvalue weighted by Gasteiger charge is 2.35. The second kappa shape index (κ2) is 7.28. The number of aromatic nitrogens is 1. The molecule has 1 saturated heterocycles. The van der Waals surface area contributed by atoms with Gasteiger partial charge in [0.15, 0.2) is 0 Å². The van der Waals surface area contributed by atoms with Crippen LogP contribution in [0.15, 0.2) is 5.38 Å². The van der Waals surface area contributed by atoms with Crippen LogP contribution >= 0.6 is 36.2 Å². The van der Waals surface area contributed by atoms with Crippen molar-refractivity contribution in [3.8, 4) is 0 Å². The van der Waals surface area contributed by atoms with Crippen LogP contribution in [0.5, 0.6) is 0 Å². The summed E-state index contributed by atoms with van der Waals surface area (Å²) in [6.07, 6.45) is 0.912. The summed E-state index contributed by atoms with van der Waals surface area (Å²) in [5.41, 5.74) is 0.773. The van der Waals surface area contributed by atoms with Gasteiger partial charge in [0.05, 0.1) is 12.0 Å². The minimum Gasteiger partial charge on any atom is -0.349 e. The number of amides is 1. The molecular formula is C11H19Cl2N3OS. The standard InChI is InChI=1S/C11H17N3OS.2ClH/c1-8-6-16-9(14-8)5-13-10(15)11(2)3-4-12-7-11;;/h6,12H,3-5,7H2,1-2H3,(H,13,15);2*1H. The number of nitrogens with one attached hydrogen (secondary N) is 2. The van der Waals surface area contributed by atoms with E-state index in [0.717, 1.165) is 30.2 Å². The van der Waals surface area contributed by atoms with E-state index >= 15 is 0 Å². The first-order valence-corrected chi connectivity index (χ1v) is 6.38. The maximum absolute atomic E-state index is 12.0. The lowest BCUT2D eigenvalue weighted by atomic mass is 9.89. The van der Waals surface area contributed by atoms with Gasteiger partial charge in [-0.15, -0.1) is 36.2 Å². The van der Waals surface area contributed by atoms with Gasteiger partial charge in [-0.2, -0.15) is 0 Å². The zero-order valence-electron chi connectivity index (χ0n) is 10.5. The minimum absolute atomic E-state index is 0. The van der Waals surface area contributed by atoms with E-state index in [2.05, 4.69) is 15.6 Å². The molecule has 0 aliphatic carbocycles. The van der Waals surface area contributed by atoms with Crippen molar-refractivity contribution in [1.29, 1.82) is 0 Å². The van der Waals surface area contributed by atoms with Crippen LogP contribution in [0, 0.1) is 12.3 Å². The predicted octanol–water partition coefficient (Wildman–Crippen LogP) is 1.91. The Morgan fingerprint density at radius 2 is 2.33 bits per heavy atom. The molecule has 1 fully saturated rings. The molecule has 0 aromatic carbocycles. The molecule has 2 heterocycles. The summed E-state index contributed by atoms with van der Waals surface area (Å²) < 4.78 is 0. The first-order chi connectivity index (χ1) is 7.60. The third kappa shape index (κ3) is 4.09. The van der Waals surface area contributed by atoms with E-state index < -0.39 is 0 Å². The smallest absolute Gasteiger partial charge is 0.227 e. The van der Waals surface area contributed by atoms with Gasteiger partial charge in [-0.1, -0.05) is 0 Å². The maximum Gasteiger partial charge on any atom is 0.227 e. The van der Waals surface area contributed by atoms with Gasteiger partial charge >= 0.3 is 0 Å². The highest BCUT2D eigenvalue weighted by atomic mass is 35.5. The number of aryl methyl sites for hydroxylation is 1. The van der Waals surface area contributed by atoms with Crippen LogP contribution in [0.3, 0.4) is 0 Å². The average Bonchev–Trinajstić information content (AvgIpc) is 2.85. The van der Waals surface area contributed by atoms with Gasteiger partial charge < -0.3 is 10.6 Å². The molecule has 1 unspecified atom stereocenters. The molecule has 0 spiro atoms. The summed E-state index contributed by atoms with van der Waals surface area (Å²) in [5.74, 6) is 0.130. The number of nitrogens with zero attached hydrogens (tertiary/aromatic N) is 1. The van der Waals surface area contributed by atoms with E-state index in [-0.39, 0.29) is 36.1 Å². The van der Waals surface area contributed by atoms with Gasteiger partial charge in [0.25, 0.3) is 0 Å². The summed E-state index contributed by atoms with van der Waals surface area (Å²) in [6.45, 7) is 6.22. The predicted molar refractivity (Wildman–Crippen MR) is 78.8 cm³/mol. The summed E-state index contributed by atoms with van der Waals surface area (Å²) in [5, 5.41) is 9.16. The van der Waals surface area contributed by atoms with Gasteiger partial charge in [-0.05, 0) is 26.8 Å². The van der Waals surface area contributed by atoms with Crippen LogP contribution in [-0.2, 0) is 11.3 Å². The van der Waals surface area contributed by atoms with Crippen molar-refractivity contribution in [2.75, 3.05) is 13.1 Å². The summed E-state index contributed by atoms with van der Waals surface area (Å²) in [6, 6.07) is 0. The van der Waals surface area contributed by atoms with Gasteiger partial charge in [-0.3, -0.25) is 4.79 Å². The third-order valence-electron chi connectivity index (χ3n) is 2.98. The first-order valence-electron chi connectivity index (χ1n) is 5.50. The highest BCUT2D eigenvalue weighted by Crippen LogP contribution is 2.24. The monoisotopic (exact) mass is 311 g/mol. The van der Waals surface area contributed by atoms with E-state index in [1.807, 2.05) is 19.2 Å². The minimum atomic E-state index is -0.244. The van der Waals surface area contributed by atoms with E-state index in [1.54, 1.807) is 11.3 Å². The molecule has 1 aromatic rings. The molecule has 0 radical (unpaired) electrons. The summed E-state index contributed by atoms with van der Waals surface area (Å²) in [4.78, 5) is 16.3. The SMILES string of the molecule is Cc1csc(CNC(=O)C2(C)CCNC2)n1.Cl.Cl. The van der Waals surface area contributed by atoms with Gasteiger partial charge in [0.2, 0.25) is 5.91 Å². The molecule has 1 aliphatic rings. The molecule has 18 heavy (non-hydrogen) atoms. The van der Waals surface area contributed by atoms with Gasteiger partial charge in [-0.25, -0.2) is 4.98 Å². The first kappa shape index (κ1) is 17.6. The highest BCUT2D eigenvalue weighted by molar-refractivity contribution is 7.09. The lowest BCUT2D eigenvalue weighted by molar-refractivity contribution is -0.129. The molecule has 2 N–H and O–H groups in total. The Bertz CT molecular complexity index is 391. The molecular weight excluding hydrogens is 293 g/mol. The third-order valence-corrected chi connectivity index (χ3v) is 3.95. The Balaban J connectivity index is 0.00000144. The van der Waals surface area contributed by atoms with E-state index in [1.165, 1.54) is 0 Å². The van der Waals surface area contributed by atoms with E-state index in [4.69, 9.17) is 0 Å². The molecule has 1 atom stereocenters. The quantitative estimate of drug-likeness (QED) is 0.896. The van der Waals surface area contributed by atoms with Crippen molar-refractivity contribution < 1.29 is 4.79 Å². The number of hydrogen-bond acceptors (Lipinski definition) is 4. The molecule has 1 aromatic heterocycles. The van der Waals surface area contributed by atoms with Crippen molar-refractivity contribution in [1.82, 2.24) is 15.6 Å². The van der Waals surface area contributed by atoms with Crippen LogP contribution in [-0.4, -0.2) is 24.0 Å². The Kier molecular flexibility index (Phi) is 7.14. The number of rotatable bonds is 3. The molecule has 0 saturated carbocycles. The van der Waals surface area contributed by atoms with Crippen molar-refractivity contribution in [2.24, 2.45) is 5.41 Å². The lowest BCUT2D eigenvalue weighted by Gasteiger charge is -2.20. The van der Waals surface area contributed by atoms with Crippen molar-refractivity contribution >= 4 is 42.1 Å². The molecule has 0 bridgehead atoms. The second-order valence-electron chi connectivity index (χ2n) is 4.55. The molecule has 1 aliphatic heterocycles. The van der Waals surface area contributed by atoms with Gasteiger partial charge in [0.1, 0.15) is 5.01 Å². The van der Waals surface area contributed by atoms with E-state index in [0.29, 0.717) is 6.54 Å². The molecule has 2 rings (SSSR count). The van der Waals surface area contributed by atoms with Crippen LogP contribution in [0.4, 0.5) is 0 Å². The number of halogens is 2. The van der Waals surface area contributed by atoms with Crippen LogP contribution < -0.4 is 10.6 Å². The van der Waals surface area contributed by atoms with Crippen LogP contribution in [0.2, 0.25) is 0 Å². The normalized spacial score (nSPS) is 21.9. The second-order valence-corrected chi connectivity index (χ2v) is 5.50. The molecule has 104 valence electrons.